The third kappa shape index (κ3) is 5.26. The van der Waals surface area contributed by atoms with Crippen molar-refractivity contribution in [2.24, 2.45) is 0 Å². The normalized spacial score (nSPS) is 10.7. The van der Waals surface area contributed by atoms with Crippen molar-refractivity contribution in [3.05, 3.63) is 33.9 Å². The number of nitro benzene ring substituents is 1. The summed E-state index contributed by atoms with van der Waals surface area (Å²) in [5.74, 6) is 0. The van der Waals surface area contributed by atoms with Crippen molar-refractivity contribution in [3.8, 4) is 0 Å². The number of nitro groups is 1. The van der Waals surface area contributed by atoms with E-state index in [0.29, 0.717) is 12.2 Å². The third-order valence-electron chi connectivity index (χ3n) is 2.77. The first-order valence-corrected chi connectivity index (χ1v) is 6.62. The Morgan fingerprint density at radius 3 is 2.74 bits per heavy atom. The fourth-order valence-corrected chi connectivity index (χ4v) is 1.79. The van der Waals surface area contributed by atoms with Crippen molar-refractivity contribution in [1.29, 1.82) is 0 Å². The van der Waals surface area contributed by atoms with Gasteiger partial charge in [0.05, 0.1) is 11.0 Å². The molecule has 5 nitrogen and oxygen atoms in total. The molecule has 0 radical (unpaired) electrons. The molecule has 0 aliphatic heterocycles. The number of unbranched alkanes of at least 4 members (excludes halogenated alkanes) is 1. The summed E-state index contributed by atoms with van der Waals surface area (Å²) in [6.45, 7) is 7.34. The van der Waals surface area contributed by atoms with Crippen LogP contribution in [0.4, 0.5) is 11.4 Å². The first-order chi connectivity index (χ1) is 9.02. The number of anilines is 1. The van der Waals surface area contributed by atoms with E-state index in [0.717, 1.165) is 25.0 Å². The second-order valence-corrected chi connectivity index (χ2v) is 4.78. The zero-order chi connectivity index (χ0) is 14.3. The zero-order valence-corrected chi connectivity index (χ0v) is 11.8. The summed E-state index contributed by atoms with van der Waals surface area (Å²) in [7, 11) is 0. The number of rotatable bonds is 8. The van der Waals surface area contributed by atoms with Gasteiger partial charge >= 0.3 is 0 Å². The van der Waals surface area contributed by atoms with Crippen LogP contribution in [-0.4, -0.2) is 24.2 Å². The second kappa shape index (κ2) is 7.74. The number of nitrogens with one attached hydrogen (secondary N) is 1. The molecule has 0 unspecified atom stereocenters. The van der Waals surface area contributed by atoms with Crippen LogP contribution in [0.5, 0.6) is 0 Å². The molecule has 0 aliphatic carbocycles. The van der Waals surface area contributed by atoms with Crippen LogP contribution in [0.2, 0.25) is 0 Å². The van der Waals surface area contributed by atoms with Crippen molar-refractivity contribution >= 4 is 11.4 Å². The summed E-state index contributed by atoms with van der Waals surface area (Å²) in [4.78, 5) is 10.6. The summed E-state index contributed by atoms with van der Waals surface area (Å²) < 4.78 is 5.44. The van der Waals surface area contributed by atoms with Crippen molar-refractivity contribution in [1.82, 2.24) is 0 Å². The van der Waals surface area contributed by atoms with Gasteiger partial charge < -0.3 is 10.1 Å². The maximum atomic E-state index is 10.9. The minimum atomic E-state index is -0.350. The minimum Gasteiger partial charge on any atom is -0.379 e. The molecule has 0 spiro atoms. The van der Waals surface area contributed by atoms with Crippen molar-refractivity contribution in [2.75, 3.05) is 18.5 Å². The minimum absolute atomic E-state index is 0.137. The Bertz CT molecular complexity index is 419. The lowest BCUT2D eigenvalue weighted by molar-refractivity contribution is -0.384. The van der Waals surface area contributed by atoms with Gasteiger partial charge in [0.1, 0.15) is 5.69 Å². The van der Waals surface area contributed by atoms with Gasteiger partial charge in [0.25, 0.3) is 5.69 Å². The maximum absolute atomic E-state index is 10.9. The van der Waals surface area contributed by atoms with Crippen LogP contribution >= 0.6 is 0 Å². The van der Waals surface area contributed by atoms with E-state index < -0.39 is 0 Å². The molecule has 106 valence electrons. The van der Waals surface area contributed by atoms with Gasteiger partial charge in [-0.1, -0.05) is 12.1 Å². The number of nitrogens with zero attached hydrogens (tertiary/aromatic N) is 1. The Kier molecular flexibility index (Phi) is 6.29. The Balaban J connectivity index is 2.43. The Morgan fingerprint density at radius 2 is 2.11 bits per heavy atom. The molecular formula is C14H22N2O3. The topological polar surface area (TPSA) is 64.4 Å². The first-order valence-electron chi connectivity index (χ1n) is 6.62. The van der Waals surface area contributed by atoms with E-state index in [1.54, 1.807) is 6.07 Å². The molecule has 1 aromatic carbocycles. The van der Waals surface area contributed by atoms with Crippen LogP contribution in [0, 0.1) is 17.0 Å². The molecule has 1 rings (SSSR count). The van der Waals surface area contributed by atoms with E-state index in [4.69, 9.17) is 4.74 Å². The average Bonchev–Trinajstić information content (AvgIpc) is 2.34. The lowest BCUT2D eigenvalue weighted by atomic mass is 10.1. The predicted molar refractivity (Wildman–Crippen MR) is 76.6 cm³/mol. The molecule has 0 amide bonds. The van der Waals surface area contributed by atoms with E-state index in [-0.39, 0.29) is 16.7 Å². The molecule has 0 fully saturated rings. The molecular weight excluding hydrogens is 244 g/mol. The molecule has 0 aliphatic rings. The van der Waals surface area contributed by atoms with Gasteiger partial charge in [0.2, 0.25) is 0 Å². The molecule has 0 heterocycles. The standard InChI is InChI=1S/C14H22N2O3/c1-11(2)19-10-5-4-9-15-14-12(3)7-6-8-13(14)16(17)18/h6-8,11,15H,4-5,9-10H2,1-3H3. The smallest absolute Gasteiger partial charge is 0.292 e. The van der Waals surface area contributed by atoms with Crippen LogP contribution in [-0.2, 0) is 4.74 Å². The molecule has 0 aromatic heterocycles. The first kappa shape index (κ1) is 15.4. The fourth-order valence-electron chi connectivity index (χ4n) is 1.79. The van der Waals surface area contributed by atoms with Gasteiger partial charge in [-0.15, -0.1) is 0 Å². The number of ether oxygens (including phenoxy) is 1. The van der Waals surface area contributed by atoms with Gasteiger partial charge in [-0.25, -0.2) is 0 Å². The lowest BCUT2D eigenvalue weighted by Gasteiger charge is -2.10. The molecule has 0 bridgehead atoms. The number of hydrogen-bond donors (Lipinski definition) is 1. The van der Waals surface area contributed by atoms with Crippen molar-refractivity contribution < 1.29 is 9.66 Å². The highest BCUT2D eigenvalue weighted by Crippen LogP contribution is 2.27. The Labute approximate surface area is 114 Å². The Hall–Kier alpha value is -1.62. The van der Waals surface area contributed by atoms with Crippen LogP contribution in [0.1, 0.15) is 32.3 Å². The van der Waals surface area contributed by atoms with Gasteiger partial charge in [-0.3, -0.25) is 10.1 Å². The summed E-state index contributed by atoms with van der Waals surface area (Å²) in [6, 6.07) is 5.10. The Morgan fingerprint density at radius 1 is 1.37 bits per heavy atom. The van der Waals surface area contributed by atoms with Crippen LogP contribution in [0.3, 0.4) is 0 Å². The quantitative estimate of drug-likeness (QED) is 0.444. The predicted octanol–water partition coefficient (Wildman–Crippen LogP) is 3.52. The third-order valence-corrected chi connectivity index (χ3v) is 2.77. The SMILES string of the molecule is Cc1cccc([N+](=O)[O-])c1NCCCCOC(C)C. The van der Waals surface area contributed by atoms with E-state index in [1.165, 1.54) is 6.07 Å². The summed E-state index contributed by atoms with van der Waals surface area (Å²) in [6.07, 6.45) is 2.13. The van der Waals surface area contributed by atoms with Crippen LogP contribution in [0.25, 0.3) is 0 Å². The van der Waals surface area contributed by atoms with Crippen LogP contribution in [0.15, 0.2) is 18.2 Å². The molecule has 5 heteroatoms. The summed E-state index contributed by atoms with van der Waals surface area (Å²) >= 11 is 0. The number of hydrogen-bond acceptors (Lipinski definition) is 4. The molecule has 0 atom stereocenters. The van der Waals surface area contributed by atoms with Crippen molar-refractivity contribution in [2.45, 2.75) is 39.7 Å². The highest BCUT2D eigenvalue weighted by molar-refractivity contribution is 5.65. The van der Waals surface area contributed by atoms with E-state index in [2.05, 4.69) is 5.32 Å². The van der Waals surface area contributed by atoms with Gasteiger partial charge in [0, 0.05) is 19.2 Å². The lowest BCUT2D eigenvalue weighted by Crippen LogP contribution is -2.08. The van der Waals surface area contributed by atoms with Gasteiger partial charge in [-0.05, 0) is 39.2 Å². The molecule has 1 N–H and O–H groups in total. The second-order valence-electron chi connectivity index (χ2n) is 4.78. The number of para-hydroxylation sites is 1. The molecule has 1 aromatic rings. The van der Waals surface area contributed by atoms with E-state index in [1.807, 2.05) is 26.8 Å². The largest absolute Gasteiger partial charge is 0.379 e. The summed E-state index contributed by atoms with van der Waals surface area (Å²) in [5.41, 5.74) is 1.66. The molecule has 19 heavy (non-hydrogen) atoms. The zero-order valence-electron chi connectivity index (χ0n) is 11.8. The molecule has 0 saturated carbocycles. The van der Waals surface area contributed by atoms with Gasteiger partial charge in [-0.2, -0.15) is 0 Å². The van der Waals surface area contributed by atoms with E-state index >= 15 is 0 Å². The monoisotopic (exact) mass is 266 g/mol. The highest BCUT2D eigenvalue weighted by atomic mass is 16.6. The maximum Gasteiger partial charge on any atom is 0.292 e. The number of benzene rings is 1. The highest BCUT2D eigenvalue weighted by Gasteiger charge is 2.14. The fraction of sp³-hybridized carbons (Fsp3) is 0.571. The van der Waals surface area contributed by atoms with E-state index in [9.17, 15) is 10.1 Å². The molecule has 0 saturated heterocycles. The average molecular weight is 266 g/mol. The van der Waals surface area contributed by atoms with Gasteiger partial charge in [0.15, 0.2) is 0 Å². The van der Waals surface area contributed by atoms with Crippen molar-refractivity contribution in [3.63, 3.8) is 0 Å². The summed E-state index contributed by atoms with van der Waals surface area (Å²) in [5, 5.41) is 14.1. The van der Waals surface area contributed by atoms with Crippen LogP contribution < -0.4 is 5.32 Å². The number of aryl methyl sites for hydroxylation is 1.